The van der Waals surface area contributed by atoms with E-state index in [1.54, 1.807) is 23.3 Å². The van der Waals surface area contributed by atoms with Crippen molar-refractivity contribution in [3.05, 3.63) is 65.0 Å². The molecule has 0 unspecified atom stereocenters. The second-order valence-corrected chi connectivity index (χ2v) is 6.82. The number of para-hydroxylation sites is 1. The van der Waals surface area contributed by atoms with Crippen molar-refractivity contribution < 1.29 is 9.53 Å². The molecule has 2 aromatic heterocycles. The predicted molar refractivity (Wildman–Crippen MR) is 98.5 cm³/mol. The fourth-order valence-electron chi connectivity index (χ4n) is 3.13. The van der Waals surface area contributed by atoms with Gasteiger partial charge >= 0.3 is 0 Å². The Hall–Kier alpha value is -2.80. The van der Waals surface area contributed by atoms with Crippen LogP contribution in [0.5, 0.6) is 11.6 Å². The SMILES string of the molecule is O=C(c1cscn1)N1CCC(c2nccnc2Oc2ccccc2)CC1. The standard InChI is InChI=1S/C19H18N4O2S/c24-19(16-12-26-13-22-16)23-10-6-14(7-11-23)17-18(21-9-8-20-17)25-15-4-2-1-3-5-15/h1-5,8-9,12-14H,6-7,10-11H2. The van der Waals surface area contributed by atoms with Gasteiger partial charge in [-0.1, -0.05) is 18.2 Å². The van der Waals surface area contributed by atoms with E-state index in [-0.39, 0.29) is 11.8 Å². The molecule has 1 amide bonds. The minimum absolute atomic E-state index is 0.00426. The molecule has 0 saturated carbocycles. The van der Waals surface area contributed by atoms with E-state index in [1.807, 2.05) is 35.2 Å². The van der Waals surface area contributed by atoms with Crippen molar-refractivity contribution in [1.29, 1.82) is 0 Å². The summed E-state index contributed by atoms with van der Waals surface area (Å²) in [7, 11) is 0. The number of ether oxygens (including phenoxy) is 1. The van der Waals surface area contributed by atoms with E-state index in [4.69, 9.17) is 4.74 Å². The molecule has 7 heteroatoms. The highest BCUT2D eigenvalue weighted by molar-refractivity contribution is 7.07. The molecule has 0 radical (unpaired) electrons. The maximum Gasteiger partial charge on any atom is 0.273 e. The molecule has 1 aliphatic rings. The van der Waals surface area contributed by atoms with Gasteiger partial charge in [-0.05, 0) is 25.0 Å². The van der Waals surface area contributed by atoms with Crippen LogP contribution in [0.3, 0.4) is 0 Å². The van der Waals surface area contributed by atoms with Crippen molar-refractivity contribution in [2.24, 2.45) is 0 Å². The molecule has 132 valence electrons. The molecule has 0 N–H and O–H groups in total. The van der Waals surface area contributed by atoms with Crippen LogP contribution in [0.4, 0.5) is 0 Å². The smallest absolute Gasteiger partial charge is 0.273 e. The molecule has 0 bridgehead atoms. The van der Waals surface area contributed by atoms with Crippen LogP contribution in [-0.4, -0.2) is 38.8 Å². The van der Waals surface area contributed by atoms with Gasteiger partial charge in [0.05, 0.1) is 5.51 Å². The molecular formula is C19H18N4O2S. The van der Waals surface area contributed by atoms with Gasteiger partial charge < -0.3 is 9.64 Å². The van der Waals surface area contributed by atoms with E-state index < -0.39 is 0 Å². The minimum Gasteiger partial charge on any atom is -0.437 e. The summed E-state index contributed by atoms with van der Waals surface area (Å²) < 4.78 is 5.93. The third kappa shape index (κ3) is 3.57. The van der Waals surface area contributed by atoms with Crippen LogP contribution in [0, 0.1) is 0 Å². The lowest BCUT2D eigenvalue weighted by molar-refractivity contribution is 0.0706. The van der Waals surface area contributed by atoms with Gasteiger partial charge in [0.25, 0.3) is 5.91 Å². The third-order valence-corrected chi connectivity index (χ3v) is 5.06. The molecule has 0 atom stereocenters. The number of rotatable bonds is 4. The van der Waals surface area contributed by atoms with Crippen molar-refractivity contribution in [3.63, 3.8) is 0 Å². The van der Waals surface area contributed by atoms with E-state index >= 15 is 0 Å². The normalized spacial score (nSPS) is 15.0. The highest BCUT2D eigenvalue weighted by Crippen LogP contribution is 2.33. The fraction of sp³-hybridized carbons (Fsp3) is 0.263. The average molecular weight is 366 g/mol. The first-order valence-electron chi connectivity index (χ1n) is 8.52. The number of thiazole rings is 1. The van der Waals surface area contributed by atoms with Crippen LogP contribution in [0.15, 0.2) is 53.6 Å². The second-order valence-electron chi connectivity index (χ2n) is 6.10. The number of hydrogen-bond acceptors (Lipinski definition) is 6. The predicted octanol–water partition coefficient (Wildman–Crippen LogP) is 3.75. The molecule has 0 aliphatic carbocycles. The summed E-state index contributed by atoms with van der Waals surface area (Å²) in [5.41, 5.74) is 3.07. The maximum atomic E-state index is 12.4. The van der Waals surface area contributed by atoms with Gasteiger partial charge in [-0.2, -0.15) is 0 Å². The van der Waals surface area contributed by atoms with Crippen LogP contribution in [0.25, 0.3) is 0 Å². The fourth-order valence-corrected chi connectivity index (χ4v) is 3.66. The lowest BCUT2D eigenvalue weighted by Crippen LogP contribution is -2.38. The number of amides is 1. The Labute approximate surface area is 155 Å². The van der Waals surface area contributed by atoms with E-state index in [9.17, 15) is 4.79 Å². The molecule has 1 saturated heterocycles. The molecule has 3 heterocycles. The Morgan fingerprint density at radius 3 is 2.58 bits per heavy atom. The lowest BCUT2D eigenvalue weighted by Gasteiger charge is -2.31. The molecule has 6 nitrogen and oxygen atoms in total. The molecular weight excluding hydrogens is 348 g/mol. The number of hydrogen-bond donors (Lipinski definition) is 0. The molecule has 1 aromatic carbocycles. The minimum atomic E-state index is 0.00426. The summed E-state index contributed by atoms with van der Waals surface area (Å²) >= 11 is 1.44. The zero-order valence-electron chi connectivity index (χ0n) is 14.1. The Morgan fingerprint density at radius 1 is 1.08 bits per heavy atom. The molecule has 26 heavy (non-hydrogen) atoms. The van der Waals surface area contributed by atoms with Gasteiger partial charge in [0.2, 0.25) is 5.88 Å². The van der Waals surface area contributed by atoms with E-state index in [2.05, 4.69) is 15.0 Å². The number of nitrogens with zero attached hydrogens (tertiary/aromatic N) is 4. The van der Waals surface area contributed by atoms with Crippen LogP contribution >= 0.6 is 11.3 Å². The van der Waals surface area contributed by atoms with Crippen LogP contribution in [0.1, 0.15) is 34.9 Å². The molecule has 0 spiro atoms. The zero-order valence-corrected chi connectivity index (χ0v) is 14.9. The van der Waals surface area contributed by atoms with Gasteiger partial charge in [-0.25, -0.2) is 9.97 Å². The topological polar surface area (TPSA) is 68.2 Å². The van der Waals surface area contributed by atoms with Crippen LogP contribution in [0.2, 0.25) is 0 Å². The van der Waals surface area contributed by atoms with Gasteiger partial charge in [0, 0.05) is 36.8 Å². The molecule has 4 rings (SSSR count). The number of carbonyl (C=O) groups is 1. The Balaban J connectivity index is 1.45. The largest absolute Gasteiger partial charge is 0.437 e. The summed E-state index contributed by atoms with van der Waals surface area (Å²) in [5.74, 6) is 1.51. The first-order valence-corrected chi connectivity index (χ1v) is 9.47. The third-order valence-electron chi connectivity index (χ3n) is 4.47. The van der Waals surface area contributed by atoms with E-state index in [1.165, 1.54) is 11.3 Å². The first kappa shape index (κ1) is 16.7. The van der Waals surface area contributed by atoms with Crippen molar-refractivity contribution in [2.75, 3.05) is 13.1 Å². The van der Waals surface area contributed by atoms with Crippen molar-refractivity contribution >= 4 is 17.2 Å². The van der Waals surface area contributed by atoms with Gasteiger partial charge in [-0.15, -0.1) is 11.3 Å². The van der Waals surface area contributed by atoms with Crippen LogP contribution < -0.4 is 4.74 Å². The molecule has 1 fully saturated rings. The maximum absolute atomic E-state index is 12.4. The highest BCUT2D eigenvalue weighted by Gasteiger charge is 2.28. The van der Waals surface area contributed by atoms with Crippen LogP contribution in [-0.2, 0) is 0 Å². The molecule has 3 aromatic rings. The number of piperidine rings is 1. The lowest BCUT2D eigenvalue weighted by atomic mass is 9.93. The summed E-state index contributed by atoms with van der Waals surface area (Å²) in [5, 5.41) is 1.79. The Morgan fingerprint density at radius 2 is 1.85 bits per heavy atom. The summed E-state index contributed by atoms with van der Waals surface area (Å²) in [6, 6.07) is 9.59. The zero-order chi connectivity index (χ0) is 17.8. The van der Waals surface area contributed by atoms with Crippen molar-refractivity contribution in [1.82, 2.24) is 19.9 Å². The second kappa shape index (κ2) is 7.61. The number of benzene rings is 1. The van der Waals surface area contributed by atoms with E-state index in [0.717, 1.165) is 24.3 Å². The van der Waals surface area contributed by atoms with Crippen molar-refractivity contribution in [3.8, 4) is 11.6 Å². The number of aromatic nitrogens is 3. The monoisotopic (exact) mass is 366 g/mol. The van der Waals surface area contributed by atoms with Gasteiger partial charge in [0.1, 0.15) is 17.1 Å². The Kier molecular flexibility index (Phi) is 4.88. The van der Waals surface area contributed by atoms with Gasteiger partial charge in [0.15, 0.2) is 0 Å². The molecule has 1 aliphatic heterocycles. The Bertz CT molecular complexity index is 862. The quantitative estimate of drug-likeness (QED) is 0.703. The van der Waals surface area contributed by atoms with E-state index in [0.29, 0.717) is 24.7 Å². The highest BCUT2D eigenvalue weighted by atomic mass is 32.1. The van der Waals surface area contributed by atoms with Crippen molar-refractivity contribution in [2.45, 2.75) is 18.8 Å². The van der Waals surface area contributed by atoms with Gasteiger partial charge in [-0.3, -0.25) is 9.78 Å². The summed E-state index contributed by atoms with van der Waals surface area (Å²) in [4.78, 5) is 27.3. The average Bonchev–Trinajstić information content (AvgIpc) is 3.24. The number of carbonyl (C=O) groups excluding carboxylic acids is 1. The summed E-state index contributed by atoms with van der Waals surface area (Å²) in [6.07, 6.45) is 5.00. The summed E-state index contributed by atoms with van der Waals surface area (Å²) in [6.45, 7) is 1.37. The number of likely N-dealkylation sites (tertiary alicyclic amines) is 1. The first-order chi connectivity index (χ1) is 12.8.